The Hall–Kier alpha value is -2.82. The Morgan fingerprint density at radius 3 is 2.57 bits per heavy atom. The van der Waals surface area contributed by atoms with Gasteiger partial charge in [0.1, 0.15) is 11.5 Å². The highest BCUT2D eigenvalue weighted by Gasteiger charge is 2.29. The molecule has 23 heavy (non-hydrogen) atoms. The lowest BCUT2D eigenvalue weighted by molar-refractivity contribution is -0.136. The molecule has 5 heteroatoms. The Labute approximate surface area is 133 Å². The molecule has 0 N–H and O–H groups in total. The summed E-state index contributed by atoms with van der Waals surface area (Å²) in [6, 6.07) is 13.8. The van der Waals surface area contributed by atoms with Gasteiger partial charge in [-0.25, -0.2) is 4.79 Å². The number of para-hydroxylation sites is 1. The summed E-state index contributed by atoms with van der Waals surface area (Å²) in [6.45, 7) is 0.484. The number of hydrogen-bond donors (Lipinski definition) is 0. The van der Waals surface area contributed by atoms with Gasteiger partial charge in [0.25, 0.3) is 0 Å². The van der Waals surface area contributed by atoms with Crippen LogP contribution >= 0.6 is 0 Å². The van der Waals surface area contributed by atoms with Gasteiger partial charge >= 0.3 is 11.9 Å². The monoisotopic (exact) mass is 312 g/mol. The molecule has 1 atom stereocenters. The molecule has 1 heterocycles. The topological polar surface area (TPSA) is 61.8 Å². The summed E-state index contributed by atoms with van der Waals surface area (Å²) in [5.41, 5.74) is 1.25. The van der Waals surface area contributed by atoms with E-state index in [9.17, 15) is 9.59 Å². The third-order valence-electron chi connectivity index (χ3n) is 3.74. The Kier molecular flexibility index (Phi) is 4.28. The Morgan fingerprint density at radius 1 is 1.09 bits per heavy atom. The lowest BCUT2D eigenvalue weighted by Gasteiger charge is -2.24. The van der Waals surface area contributed by atoms with Crippen LogP contribution in [0.4, 0.5) is 0 Å². The van der Waals surface area contributed by atoms with E-state index in [2.05, 4.69) is 4.74 Å². The molecule has 0 saturated carbocycles. The first kappa shape index (κ1) is 15.1. The Bertz CT molecular complexity index is 720. The second kappa shape index (κ2) is 6.52. The smallest absolute Gasteiger partial charge is 0.337 e. The fourth-order valence-corrected chi connectivity index (χ4v) is 2.55. The highest BCUT2D eigenvalue weighted by Crippen LogP contribution is 2.34. The molecule has 2 aromatic carbocycles. The molecule has 0 amide bonds. The molecule has 0 bridgehead atoms. The summed E-state index contributed by atoms with van der Waals surface area (Å²) in [7, 11) is 1.32. The lowest BCUT2D eigenvalue weighted by atomic mass is 9.93. The summed E-state index contributed by atoms with van der Waals surface area (Å²) < 4.78 is 15.6. The summed E-state index contributed by atoms with van der Waals surface area (Å²) in [5, 5.41) is 0. The van der Waals surface area contributed by atoms with Crippen LogP contribution in [0.15, 0.2) is 48.5 Å². The van der Waals surface area contributed by atoms with E-state index in [1.165, 1.54) is 7.11 Å². The van der Waals surface area contributed by atoms with E-state index in [1.54, 1.807) is 24.3 Å². The zero-order valence-corrected chi connectivity index (χ0v) is 12.7. The molecule has 1 aliphatic rings. The maximum atomic E-state index is 12.4. The number of carbonyl (C=O) groups is 2. The van der Waals surface area contributed by atoms with Crippen LogP contribution < -0.4 is 9.47 Å². The first-order valence-electron chi connectivity index (χ1n) is 7.31. The summed E-state index contributed by atoms with van der Waals surface area (Å²) >= 11 is 0. The van der Waals surface area contributed by atoms with Crippen LogP contribution in [0.5, 0.6) is 11.5 Å². The molecule has 1 aliphatic heterocycles. The maximum Gasteiger partial charge on any atom is 0.337 e. The van der Waals surface area contributed by atoms with Crippen molar-refractivity contribution in [1.29, 1.82) is 0 Å². The van der Waals surface area contributed by atoms with E-state index in [0.29, 0.717) is 24.3 Å². The van der Waals surface area contributed by atoms with Gasteiger partial charge in [0, 0.05) is 5.56 Å². The molecule has 118 valence electrons. The molecule has 0 spiro atoms. The minimum Gasteiger partial charge on any atom is -0.493 e. The van der Waals surface area contributed by atoms with E-state index in [-0.39, 0.29) is 11.9 Å². The van der Waals surface area contributed by atoms with Gasteiger partial charge in [-0.05, 0) is 36.8 Å². The lowest BCUT2D eigenvalue weighted by Crippen LogP contribution is -2.25. The van der Waals surface area contributed by atoms with Gasteiger partial charge in [0.2, 0.25) is 0 Å². The average molecular weight is 312 g/mol. The summed E-state index contributed by atoms with van der Waals surface area (Å²) in [4.78, 5) is 23.8. The van der Waals surface area contributed by atoms with Crippen LogP contribution in [-0.4, -0.2) is 25.7 Å². The van der Waals surface area contributed by atoms with E-state index < -0.39 is 5.97 Å². The predicted molar refractivity (Wildman–Crippen MR) is 82.7 cm³/mol. The van der Waals surface area contributed by atoms with Gasteiger partial charge in [-0.1, -0.05) is 18.2 Å². The number of fused-ring (bicyclic) bond motifs is 1. The van der Waals surface area contributed by atoms with Crippen molar-refractivity contribution < 1.29 is 23.8 Å². The number of hydrogen-bond acceptors (Lipinski definition) is 5. The van der Waals surface area contributed by atoms with Crippen LogP contribution in [0.25, 0.3) is 0 Å². The SMILES string of the molecule is COC(=O)c1ccc(OC(=O)C2CCOc3ccccc32)cc1. The van der Waals surface area contributed by atoms with Crippen molar-refractivity contribution in [1.82, 2.24) is 0 Å². The summed E-state index contributed by atoms with van der Waals surface area (Å²) in [5.74, 6) is 0.0152. The quantitative estimate of drug-likeness (QED) is 0.644. The van der Waals surface area contributed by atoms with Crippen molar-refractivity contribution in [3.63, 3.8) is 0 Å². The van der Waals surface area contributed by atoms with Crippen molar-refractivity contribution in [2.75, 3.05) is 13.7 Å². The third kappa shape index (κ3) is 3.18. The standard InChI is InChI=1S/C18H16O5/c1-21-17(19)12-6-8-13(9-7-12)23-18(20)15-10-11-22-16-5-3-2-4-14(15)16/h2-9,15H,10-11H2,1H3. The number of rotatable bonds is 3. The van der Waals surface area contributed by atoms with Crippen LogP contribution in [-0.2, 0) is 9.53 Å². The van der Waals surface area contributed by atoms with Gasteiger partial charge in [0.15, 0.2) is 0 Å². The highest BCUT2D eigenvalue weighted by molar-refractivity contribution is 5.89. The second-order valence-electron chi connectivity index (χ2n) is 5.16. The zero-order valence-electron chi connectivity index (χ0n) is 12.7. The number of methoxy groups -OCH3 is 1. The first-order chi connectivity index (χ1) is 11.2. The normalized spacial score (nSPS) is 16.0. The van der Waals surface area contributed by atoms with Crippen molar-refractivity contribution >= 4 is 11.9 Å². The van der Waals surface area contributed by atoms with Crippen molar-refractivity contribution in [3.05, 3.63) is 59.7 Å². The first-order valence-corrected chi connectivity index (χ1v) is 7.31. The molecule has 0 radical (unpaired) electrons. The van der Waals surface area contributed by atoms with Gasteiger partial charge < -0.3 is 14.2 Å². The molecule has 0 saturated heterocycles. The highest BCUT2D eigenvalue weighted by atomic mass is 16.5. The number of esters is 2. The number of benzene rings is 2. The average Bonchev–Trinajstić information content (AvgIpc) is 2.61. The Morgan fingerprint density at radius 2 is 1.83 bits per heavy atom. The van der Waals surface area contributed by atoms with Crippen molar-refractivity contribution in [2.45, 2.75) is 12.3 Å². The minimum absolute atomic E-state index is 0.327. The fourth-order valence-electron chi connectivity index (χ4n) is 2.55. The third-order valence-corrected chi connectivity index (χ3v) is 3.74. The molecule has 0 fully saturated rings. The molecular weight excluding hydrogens is 296 g/mol. The molecule has 0 aromatic heterocycles. The van der Waals surface area contributed by atoms with E-state index in [0.717, 1.165) is 11.3 Å². The minimum atomic E-state index is -0.429. The summed E-state index contributed by atoms with van der Waals surface area (Å²) in [6.07, 6.45) is 0.579. The van der Waals surface area contributed by atoms with E-state index >= 15 is 0 Å². The van der Waals surface area contributed by atoms with Crippen LogP contribution in [0.3, 0.4) is 0 Å². The van der Waals surface area contributed by atoms with Crippen molar-refractivity contribution in [3.8, 4) is 11.5 Å². The molecule has 3 rings (SSSR count). The molecule has 5 nitrogen and oxygen atoms in total. The number of ether oxygens (including phenoxy) is 3. The van der Waals surface area contributed by atoms with Crippen LogP contribution in [0.2, 0.25) is 0 Å². The zero-order chi connectivity index (χ0) is 16.2. The largest absolute Gasteiger partial charge is 0.493 e. The molecule has 0 aliphatic carbocycles. The molecular formula is C18H16O5. The van der Waals surface area contributed by atoms with Crippen LogP contribution in [0, 0.1) is 0 Å². The van der Waals surface area contributed by atoms with E-state index in [4.69, 9.17) is 9.47 Å². The van der Waals surface area contributed by atoms with Gasteiger partial charge in [-0.3, -0.25) is 4.79 Å². The van der Waals surface area contributed by atoms with Gasteiger partial charge in [0.05, 0.1) is 25.2 Å². The van der Waals surface area contributed by atoms with Gasteiger partial charge in [-0.2, -0.15) is 0 Å². The second-order valence-corrected chi connectivity index (χ2v) is 5.16. The van der Waals surface area contributed by atoms with Crippen molar-refractivity contribution in [2.24, 2.45) is 0 Å². The molecule has 2 aromatic rings. The number of carbonyl (C=O) groups excluding carboxylic acids is 2. The fraction of sp³-hybridized carbons (Fsp3) is 0.222. The molecule has 1 unspecified atom stereocenters. The van der Waals surface area contributed by atoms with Crippen LogP contribution in [0.1, 0.15) is 28.3 Å². The Balaban J connectivity index is 1.74. The van der Waals surface area contributed by atoms with Gasteiger partial charge in [-0.15, -0.1) is 0 Å². The van der Waals surface area contributed by atoms with E-state index in [1.807, 2.05) is 24.3 Å². The maximum absolute atomic E-state index is 12.4. The predicted octanol–water partition coefficient (Wildman–Crippen LogP) is 2.94.